The number of carbonyl (C=O) groups is 1. The molecule has 6 nitrogen and oxygen atoms in total. The molecule has 0 aromatic carbocycles. The Morgan fingerprint density at radius 1 is 1.56 bits per heavy atom. The van der Waals surface area contributed by atoms with Gasteiger partial charge in [0, 0.05) is 0 Å². The summed E-state index contributed by atoms with van der Waals surface area (Å²) in [5.74, 6) is -0.890. The topological polar surface area (TPSA) is 89.4 Å². The van der Waals surface area contributed by atoms with Gasteiger partial charge in [-0.1, -0.05) is 11.8 Å². The standard InChI is InChI=1S/C8H5ClN2O4S/c9-6-4(1-2-14-6)7-10-11-8(15-7)16-3-5(12)13/h1-2H,3H2,(H,12,13). The molecular weight excluding hydrogens is 256 g/mol. The van der Waals surface area contributed by atoms with Gasteiger partial charge in [-0.25, -0.2) is 0 Å². The van der Waals surface area contributed by atoms with Crippen molar-refractivity contribution in [2.75, 3.05) is 5.75 Å². The number of carboxylic acids is 1. The van der Waals surface area contributed by atoms with Crippen LogP contribution in [0.15, 0.2) is 26.4 Å². The molecule has 84 valence electrons. The van der Waals surface area contributed by atoms with Crippen molar-refractivity contribution in [2.24, 2.45) is 0 Å². The second-order valence-corrected chi connectivity index (χ2v) is 3.93. The number of thioether (sulfide) groups is 1. The largest absolute Gasteiger partial charge is 0.481 e. The number of halogens is 1. The van der Waals surface area contributed by atoms with Crippen LogP contribution < -0.4 is 0 Å². The number of furan rings is 1. The van der Waals surface area contributed by atoms with Gasteiger partial charge in [-0.3, -0.25) is 4.79 Å². The molecule has 0 spiro atoms. The van der Waals surface area contributed by atoms with Crippen LogP contribution in [0.25, 0.3) is 11.5 Å². The van der Waals surface area contributed by atoms with Crippen molar-refractivity contribution in [3.8, 4) is 11.5 Å². The van der Waals surface area contributed by atoms with Crippen molar-refractivity contribution < 1.29 is 18.7 Å². The minimum absolute atomic E-state index is 0.138. The molecular formula is C8H5ClN2O4S. The summed E-state index contributed by atoms with van der Waals surface area (Å²) in [6, 6.07) is 1.58. The first-order valence-electron chi connectivity index (χ1n) is 4.08. The number of carboxylic acid groups (broad SMARTS) is 1. The quantitative estimate of drug-likeness (QED) is 0.843. The van der Waals surface area contributed by atoms with Crippen LogP contribution in [-0.4, -0.2) is 27.0 Å². The summed E-state index contributed by atoms with van der Waals surface area (Å²) in [5, 5.41) is 16.2. The van der Waals surface area contributed by atoms with Gasteiger partial charge in [0.15, 0.2) is 0 Å². The van der Waals surface area contributed by atoms with Crippen molar-refractivity contribution in [2.45, 2.75) is 5.22 Å². The van der Waals surface area contributed by atoms with E-state index in [0.29, 0.717) is 5.56 Å². The number of rotatable bonds is 4. The maximum Gasteiger partial charge on any atom is 0.314 e. The molecule has 0 atom stereocenters. The Bertz CT molecular complexity index is 510. The van der Waals surface area contributed by atoms with Crippen LogP contribution in [-0.2, 0) is 4.79 Å². The fourth-order valence-electron chi connectivity index (χ4n) is 0.947. The summed E-state index contributed by atoms with van der Waals surface area (Å²) in [4.78, 5) is 10.3. The number of hydrogen-bond donors (Lipinski definition) is 1. The van der Waals surface area contributed by atoms with E-state index in [2.05, 4.69) is 10.2 Å². The van der Waals surface area contributed by atoms with E-state index in [4.69, 9.17) is 25.5 Å². The molecule has 1 N–H and O–H groups in total. The Labute approximate surface area is 98.6 Å². The molecule has 0 amide bonds. The predicted octanol–water partition coefficient (Wildman–Crippen LogP) is 2.16. The van der Waals surface area contributed by atoms with Crippen molar-refractivity contribution in [3.05, 3.63) is 17.5 Å². The Hall–Kier alpha value is -1.47. The van der Waals surface area contributed by atoms with Gasteiger partial charge in [0.1, 0.15) is 5.75 Å². The van der Waals surface area contributed by atoms with E-state index >= 15 is 0 Å². The van der Waals surface area contributed by atoms with E-state index in [9.17, 15) is 4.79 Å². The molecule has 0 aliphatic carbocycles. The smallest absolute Gasteiger partial charge is 0.314 e. The SMILES string of the molecule is O=C(O)CSc1nnc(-c2ccoc2Cl)o1. The third-order valence-corrected chi connectivity index (χ3v) is 2.67. The summed E-state index contributed by atoms with van der Waals surface area (Å²) >= 11 is 6.65. The molecule has 2 rings (SSSR count). The average Bonchev–Trinajstić information content (AvgIpc) is 2.83. The fraction of sp³-hybridized carbons (Fsp3) is 0.125. The fourth-order valence-corrected chi connectivity index (χ4v) is 1.63. The molecule has 2 aromatic rings. The lowest BCUT2D eigenvalue weighted by Gasteiger charge is -1.89. The van der Waals surface area contributed by atoms with Crippen molar-refractivity contribution in [1.29, 1.82) is 0 Å². The molecule has 2 aromatic heterocycles. The first-order chi connectivity index (χ1) is 7.66. The first kappa shape index (κ1) is 11.0. The molecule has 0 bridgehead atoms. The van der Waals surface area contributed by atoms with Crippen LogP contribution in [0, 0.1) is 0 Å². The van der Waals surface area contributed by atoms with Crippen LogP contribution in [0.3, 0.4) is 0 Å². The summed E-state index contributed by atoms with van der Waals surface area (Å²) in [6.07, 6.45) is 1.39. The van der Waals surface area contributed by atoms with E-state index < -0.39 is 5.97 Å². The van der Waals surface area contributed by atoms with Crippen LogP contribution in [0.5, 0.6) is 0 Å². The zero-order valence-electron chi connectivity index (χ0n) is 7.71. The lowest BCUT2D eigenvalue weighted by atomic mass is 10.3. The van der Waals surface area contributed by atoms with Gasteiger partial charge in [-0.15, -0.1) is 10.2 Å². The lowest BCUT2D eigenvalue weighted by Crippen LogP contribution is -1.97. The van der Waals surface area contributed by atoms with Gasteiger partial charge in [0.05, 0.1) is 11.8 Å². The molecule has 0 aliphatic rings. The first-order valence-corrected chi connectivity index (χ1v) is 5.44. The Morgan fingerprint density at radius 3 is 3.00 bits per heavy atom. The van der Waals surface area contributed by atoms with Gasteiger partial charge in [-0.05, 0) is 17.7 Å². The monoisotopic (exact) mass is 260 g/mol. The number of aromatic nitrogens is 2. The Balaban J connectivity index is 2.14. The van der Waals surface area contributed by atoms with Crippen LogP contribution in [0.1, 0.15) is 0 Å². The molecule has 0 fully saturated rings. The predicted molar refractivity (Wildman–Crippen MR) is 55.4 cm³/mol. The normalized spacial score (nSPS) is 10.6. The van der Waals surface area contributed by atoms with E-state index in [0.717, 1.165) is 11.8 Å². The molecule has 0 saturated carbocycles. The van der Waals surface area contributed by atoms with Crippen molar-refractivity contribution in [1.82, 2.24) is 10.2 Å². The van der Waals surface area contributed by atoms with Crippen LogP contribution in [0.4, 0.5) is 0 Å². The van der Waals surface area contributed by atoms with Gasteiger partial charge >= 0.3 is 5.97 Å². The highest BCUT2D eigenvalue weighted by Gasteiger charge is 2.14. The second-order valence-electron chi connectivity index (χ2n) is 2.66. The van der Waals surface area contributed by atoms with Crippen LogP contribution in [0.2, 0.25) is 5.22 Å². The number of hydrogen-bond acceptors (Lipinski definition) is 6. The zero-order valence-corrected chi connectivity index (χ0v) is 9.29. The average molecular weight is 261 g/mol. The Kier molecular flexibility index (Phi) is 3.16. The highest BCUT2D eigenvalue weighted by atomic mass is 35.5. The molecule has 0 aliphatic heterocycles. The molecule has 2 heterocycles. The van der Waals surface area contributed by atoms with Crippen molar-refractivity contribution >= 4 is 29.3 Å². The third-order valence-electron chi connectivity index (χ3n) is 1.57. The highest BCUT2D eigenvalue weighted by molar-refractivity contribution is 7.99. The molecule has 0 radical (unpaired) electrons. The van der Waals surface area contributed by atoms with Crippen LogP contribution >= 0.6 is 23.4 Å². The third kappa shape index (κ3) is 2.37. The maximum atomic E-state index is 10.3. The van der Waals surface area contributed by atoms with E-state index in [-0.39, 0.29) is 22.1 Å². The van der Waals surface area contributed by atoms with E-state index in [1.165, 1.54) is 6.26 Å². The zero-order chi connectivity index (χ0) is 11.5. The Morgan fingerprint density at radius 2 is 2.38 bits per heavy atom. The lowest BCUT2D eigenvalue weighted by molar-refractivity contribution is -0.133. The van der Waals surface area contributed by atoms with Gasteiger partial charge in [0.25, 0.3) is 11.1 Å². The van der Waals surface area contributed by atoms with Gasteiger partial charge in [0.2, 0.25) is 5.22 Å². The summed E-state index contributed by atoms with van der Waals surface area (Å²) in [6.45, 7) is 0. The van der Waals surface area contributed by atoms with Gasteiger partial charge < -0.3 is 13.9 Å². The summed E-state index contributed by atoms with van der Waals surface area (Å²) < 4.78 is 10.1. The minimum atomic E-state index is -0.953. The number of nitrogens with zero attached hydrogens (tertiary/aromatic N) is 2. The minimum Gasteiger partial charge on any atom is -0.481 e. The molecule has 0 unspecified atom stereocenters. The van der Waals surface area contributed by atoms with E-state index in [1.54, 1.807) is 6.07 Å². The highest BCUT2D eigenvalue weighted by Crippen LogP contribution is 2.29. The summed E-state index contributed by atoms with van der Waals surface area (Å²) in [7, 11) is 0. The summed E-state index contributed by atoms with van der Waals surface area (Å²) in [5.41, 5.74) is 0.483. The molecule has 0 saturated heterocycles. The van der Waals surface area contributed by atoms with Gasteiger partial charge in [-0.2, -0.15) is 0 Å². The van der Waals surface area contributed by atoms with Crippen molar-refractivity contribution in [3.63, 3.8) is 0 Å². The molecule has 8 heteroatoms. The molecule has 16 heavy (non-hydrogen) atoms. The van der Waals surface area contributed by atoms with E-state index in [1.807, 2.05) is 0 Å². The maximum absolute atomic E-state index is 10.3. The number of aliphatic carboxylic acids is 1. The second kappa shape index (κ2) is 4.58.